The molecule has 24 aromatic carbocycles. The van der Waals surface area contributed by atoms with Crippen molar-refractivity contribution in [2.75, 3.05) is 19.6 Å². The lowest BCUT2D eigenvalue weighted by Crippen LogP contribution is -2.12. The number of nitrogens with zero attached hydrogens (tertiary/aromatic N) is 4. The van der Waals surface area contributed by atoms with E-state index in [1.807, 2.05) is 0 Å². The average molecular weight is 1820 g/mol. The van der Waals surface area contributed by atoms with Crippen molar-refractivity contribution >= 4 is 133 Å². The van der Waals surface area contributed by atoms with Crippen LogP contribution in [0.2, 0.25) is 0 Å². The minimum absolute atomic E-state index is 1.10. The van der Waals surface area contributed by atoms with Crippen molar-refractivity contribution in [2.24, 2.45) is 0 Å². The summed E-state index contributed by atoms with van der Waals surface area (Å²) in [4.78, 5) is 9.87. The minimum atomic E-state index is 1.10. The normalized spacial score (nSPS) is 11.5. The van der Waals surface area contributed by atoms with Gasteiger partial charge in [0.05, 0.1) is 22.7 Å². The van der Waals surface area contributed by atoms with E-state index in [1.165, 1.54) is 209 Å². The maximum Gasteiger partial charge on any atom is 0.0540 e. The number of aryl methyl sites for hydroxylation is 10. The number of hydrogen-bond acceptors (Lipinski definition) is 4. The smallest absolute Gasteiger partial charge is 0.0540 e. The van der Waals surface area contributed by atoms with Gasteiger partial charge in [0.25, 0.3) is 0 Å². The van der Waals surface area contributed by atoms with E-state index in [9.17, 15) is 0 Å². The van der Waals surface area contributed by atoms with E-state index in [4.69, 9.17) is 0 Å². The fourth-order valence-corrected chi connectivity index (χ4v) is 20.8. The van der Waals surface area contributed by atoms with Gasteiger partial charge in [0.2, 0.25) is 0 Å². The molecule has 680 valence electrons. The first-order valence-electron chi connectivity index (χ1n) is 49.4. The van der Waals surface area contributed by atoms with Gasteiger partial charge in [-0.05, 0) is 347 Å². The van der Waals surface area contributed by atoms with Gasteiger partial charge in [-0.3, -0.25) is 0 Å². The number of rotatable bonds is 20. The first kappa shape index (κ1) is 88.5. The van der Waals surface area contributed by atoms with Crippen molar-refractivity contribution in [1.29, 1.82) is 0 Å². The molecule has 0 atom stereocenters. The zero-order valence-electron chi connectivity index (χ0n) is 81.8. The first-order chi connectivity index (χ1) is 69.4. The highest BCUT2D eigenvalue weighted by Crippen LogP contribution is 2.54. The second kappa shape index (κ2) is 37.5. The lowest BCUT2D eigenvalue weighted by Gasteiger charge is -2.30. The van der Waals surface area contributed by atoms with Gasteiger partial charge < -0.3 is 19.6 Å². The van der Waals surface area contributed by atoms with Crippen molar-refractivity contribution < 1.29 is 0 Å². The highest BCUT2D eigenvalue weighted by molar-refractivity contribution is 6.30. The third kappa shape index (κ3) is 17.4. The Hall–Kier alpha value is -17.4. The monoisotopic (exact) mass is 1820 g/mol. The van der Waals surface area contributed by atoms with Crippen molar-refractivity contribution in [3.05, 3.63) is 529 Å². The van der Waals surface area contributed by atoms with Gasteiger partial charge in [-0.15, -0.1) is 0 Å². The Labute approximate surface area is 833 Å². The van der Waals surface area contributed by atoms with Gasteiger partial charge in [-0.2, -0.15) is 0 Å². The molecule has 0 bridgehead atoms. The van der Waals surface area contributed by atoms with Crippen LogP contribution >= 0.6 is 0 Å². The third-order valence-corrected chi connectivity index (χ3v) is 28.6. The summed E-state index contributed by atoms with van der Waals surface area (Å²) in [5.41, 5.74) is 44.7. The Morgan fingerprint density at radius 3 is 0.430 bits per heavy atom. The van der Waals surface area contributed by atoms with Gasteiger partial charge in [-0.1, -0.05) is 383 Å². The zero-order chi connectivity index (χ0) is 96.3. The first-order valence-corrected chi connectivity index (χ1v) is 49.4. The van der Waals surface area contributed by atoms with Crippen LogP contribution in [0.5, 0.6) is 0 Å². The molecule has 4 heteroatoms. The summed E-state index contributed by atoms with van der Waals surface area (Å²) in [7, 11) is 0. The molecule has 0 amide bonds. The molecule has 0 radical (unpaired) electrons. The van der Waals surface area contributed by atoms with Crippen LogP contribution in [-0.4, -0.2) is 0 Å². The topological polar surface area (TPSA) is 13.0 Å². The lowest BCUT2D eigenvalue weighted by molar-refractivity contribution is 1.29. The Balaban J connectivity index is 0.000000158. The van der Waals surface area contributed by atoms with E-state index in [1.54, 1.807) is 0 Å². The van der Waals surface area contributed by atoms with Crippen molar-refractivity contribution in [2.45, 2.75) is 69.2 Å². The molecule has 0 N–H and O–H groups in total. The molecule has 24 rings (SSSR count). The summed E-state index contributed by atoms with van der Waals surface area (Å²) in [5.74, 6) is 0. The van der Waals surface area contributed by atoms with E-state index in [0.717, 1.165) is 68.2 Å². The fraction of sp³-hybridized carbons (Fsp3) is 0.0725. The Bertz CT molecular complexity index is 8000. The van der Waals surface area contributed by atoms with Crippen LogP contribution in [0.4, 0.5) is 68.2 Å². The SMILES string of the molecule is Cc1ccc(-c2cc(-c3ccc(C)cc3)cc(N(c3ccc(C)cc3)c3ccc4ccc5c(N(c6ccc(C)cc6)c6cc(-c7ccc(C)cc7)cc(-c7ccc(C)cc7)c6)ccc6ccc3c4c65)c2)cc1.Cc1ccc(-c2cc(-c3ccc(C)cc3)cc(N(c3ccccc3)c3ccc4ccc5c(N(c6ccccc6)c6cc(-c7ccc(C)cc7)cc(-c7ccc(C)cc7)c6)ccc6ccc3c4c65)c2)cc1. The minimum Gasteiger partial charge on any atom is -0.310 e. The maximum atomic E-state index is 2.48. The van der Waals surface area contributed by atoms with Crippen molar-refractivity contribution in [3.63, 3.8) is 0 Å². The van der Waals surface area contributed by atoms with Crippen LogP contribution in [0.1, 0.15) is 55.6 Å². The van der Waals surface area contributed by atoms with Crippen LogP contribution < -0.4 is 19.6 Å². The van der Waals surface area contributed by atoms with Crippen molar-refractivity contribution in [3.8, 4) is 89.0 Å². The highest BCUT2D eigenvalue weighted by Gasteiger charge is 2.28. The molecular weight excluding hydrogens is 1710 g/mol. The standard InChI is InChI=1S/C70H56N2.C68H52N2/c1-45-7-19-51(20-8-45)57-39-58(52-21-9-46(2)10-22-52)42-63(41-57)71(61-31-15-49(5)16-32-61)67-37-29-55-28-36-66-68(38-30-56-27-35-65(67)69(55)70(56)66)72(62-33-17-50(6)18-34-62)64-43-59(53-23-11-47(3)12-24-53)40-60(44-64)54-25-13-48(4)14-26-54;1-45-15-23-49(24-16-45)55-39-56(50-25-17-46(2)18-26-50)42-61(41-55)69(59-11-7-5-8-12-59)65-37-33-53-32-36-64-66(38-34-54-31-35-63(65)67(53)68(54)64)70(60-13-9-6-10-14-60)62-43-57(51-27-19-47(3)20-28-51)40-58(44-62)52-29-21-48(4)22-30-52/h7-44H,1-6H3;5-44H,1-4H3. The predicted octanol–water partition coefficient (Wildman–Crippen LogP) is 39.5. The van der Waals surface area contributed by atoms with Crippen LogP contribution in [0.3, 0.4) is 0 Å². The third-order valence-electron chi connectivity index (χ3n) is 28.6. The van der Waals surface area contributed by atoms with Crippen LogP contribution in [0.25, 0.3) is 154 Å². The molecule has 0 spiro atoms. The molecule has 24 aromatic rings. The number of benzene rings is 24. The molecular formula is C138H108N4. The summed E-state index contributed by atoms with van der Waals surface area (Å²) < 4.78 is 0. The summed E-state index contributed by atoms with van der Waals surface area (Å²) in [6.07, 6.45) is 0. The Morgan fingerprint density at radius 2 is 0.261 bits per heavy atom. The number of para-hydroxylation sites is 2. The van der Waals surface area contributed by atoms with Gasteiger partial charge in [-0.25, -0.2) is 0 Å². The fourth-order valence-electron chi connectivity index (χ4n) is 20.8. The molecule has 0 heterocycles. The molecule has 4 nitrogen and oxygen atoms in total. The molecule has 0 aliphatic carbocycles. The molecule has 0 fully saturated rings. The molecule has 0 aromatic heterocycles. The highest BCUT2D eigenvalue weighted by atomic mass is 15.2. The van der Waals surface area contributed by atoms with Crippen LogP contribution in [0.15, 0.2) is 473 Å². The van der Waals surface area contributed by atoms with Crippen molar-refractivity contribution in [1.82, 2.24) is 0 Å². The molecule has 0 saturated carbocycles. The van der Waals surface area contributed by atoms with Gasteiger partial charge >= 0.3 is 0 Å². The van der Waals surface area contributed by atoms with Crippen LogP contribution in [0, 0.1) is 69.2 Å². The largest absolute Gasteiger partial charge is 0.310 e. The second-order valence-electron chi connectivity index (χ2n) is 38.9. The Morgan fingerprint density at radius 1 is 0.113 bits per heavy atom. The van der Waals surface area contributed by atoms with Crippen LogP contribution in [-0.2, 0) is 0 Å². The zero-order valence-corrected chi connectivity index (χ0v) is 81.8. The van der Waals surface area contributed by atoms with E-state index in [0.29, 0.717) is 0 Å². The average Bonchev–Trinajstić information content (AvgIpc) is 0.720. The number of hydrogen-bond donors (Lipinski definition) is 0. The van der Waals surface area contributed by atoms with E-state index >= 15 is 0 Å². The van der Waals surface area contributed by atoms with Gasteiger partial charge in [0.15, 0.2) is 0 Å². The summed E-state index contributed by atoms with van der Waals surface area (Å²) in [6, 6.07) is 177. The summed E-state index contributed by atoms with van der Waals surface area (Å²) in [5, 5.41) is 14.7. The molecule has 0 aliphatic rings. The predicted molar refractivity (Wildman–Crippen MR) is 610 cm³/mol. The summed E-state index contributed by atoms with van der Waals surface area (Å²) in [6.45, 7) is 21.5. The second-order valence-corrected chi connectivity index (χ2v) is 38.9. The Kier molecular flexibility index (Phi) is 23.4. The quantitative estimate of drug-likeness (QED) is 0.0705. The van der Waals surface area contributed by atoms with E-state index in [2.05, 4.69) is 562 Å². The molecule has 0 aliphatic heterocycles. The van der Waals surface area contributed by atoms with Gasteiger partial charge in [0, 0.05) is 67.0 Å². The molecule has 0 saturated heterocycles. The molecule has 0 unspecified atom stereocenters. The van der Waals surface area contributed by atoms with E-state index < -0.39 is 0 Å². The van der Waals surface area contributed by atoms with Gasteiger partial charge in [0.1, 0.15) is 0 Å². The lowest BCUT2D eigenvalue weighted by atomic mass is 9.91. The number of anilines is 12. The van der Waals surface area contributed by atoms with E-state index in [-0.39, 0.29) is 0 Å². The summed E-state index contributed by atoms with van der Waals surface area (Å²) >= 11 is 0. The molecule has 142 heavy (non-hydrogen) atoms. The maximum absolute atomic E-state index is 2.48.